The summed E-state index contributed by atoms with van der Waals surface area (Å²) in [6.45, 7) is 9.40. The monoisotopic (exact) mass is 398 g/mol. The zero-order valence-corrected chi connectivity index (χ0v) is 18.7. The molecule has 0 radical (unpaired) electrons. The van der Waals surface area contributed by atoms with Crippen LogP contribution in [0.3, 0.4) is 0 Å². The van der Waals surface area contributed by atoms with Crippen LogP contribution in [-0.2, 0) is 11.3 Å². The smallest absolute Gasteiger partial charge is 0.240 e. The summed E-state index contributed by atoms with van der Waals surface area (Å²) >= 11 is 0. The van der Waals surface area contributed by atoms with Crippen LogP contribution < -0.4 is 15.5 Å². The van der Waals surface area contributed by atoms with Gasteiger partial charge in [-0.3, -0.25) is 4.79 Å². The van der Waals surface area contributed by atoms with Gasteiger partial charge in [0.05, 0.1) is 18.6 Å². The molecule has 7 heteroatoms. The standard InChI is InChI=1S/C22H34N6O/c1-8-23-21(28(7)15-20(29)26-22(2,3)4)24-14-16-13-19(27(5)6)25-18-12-10-9-11-17(16)18/h9-13H,8,14-15H2,1-7H3,(H,23,24)(H,26,29). The number of para-hydroxylation sites is 1. The zero-order chi connectivity index (χ0) is 21.6. The Balaban J connectivity index is 2.27. The molecule has 0 fully saturated rings. The van der Waals surface area contributed by atoms with E-state index in [0.29, 0.717) is 12.5 Å². The fourth-order valence-corrected chi connectivity index (χ4v) is 2.97. The Morgan fingerprint density at radius 3 is 2.48 bits per heavy atom. The molecular weight excluding hydrogens is 364 g/mol. The van der Waals surface area contributed by atoms with Crippen LogP contribution in [0.2, 0.25) is 0 Å². The first-order chi connectivity index (χ1) is 13.6. The quantitative estimate of drug-likeness (QED) is 0.578. The molecule has 7 nitrogen and oxygen atoms in total. The van der Waals surface area contributed by atoms with E-state index in [1.54, 1.807) is 0 Å². The van der Waals surface area contributed by atoms with Gasteiger partial charge in [0.25, 0.3) is 0 Å². The van der Waals surface area contributed by atoms with Crippen molar-refractivity contribution >= 4 is 28.6 Å². The van der Waals surface area contributed by atoms with Gasteiger partial charge in [-0.2, -0.15) is 0 Å². The van der Waals surface area contributed by atoms with E-state index in [4.69, 9.17) is 9.98 Å². The third-order valence-corrected chi connectivity index (χ3v) is 4.24. The molecule has 2 N–H and O–H groups in total. The second-order valence-corrected chi connectivity index (χ2v) is 8.38. The van der Waals surface area contributed by atoms with Crippen LogP contribution in [0.1, 0.15) is 33.3 Å². The van der Waals surface area contributed by atoms with Gasteiger partial charge in [-0.25, -0.2) is 9.98 Å². The van der Waals surface area contributed by atoms with Gasteiger partial charge in [0, 0.05) is 38.6 Å². The summed E-state index contributed by atoms with van der Waals surface area (Å²) in [6.07, 6.45) is 0. The summed E-state index contributed by atoms with van der Waals surface area (Å²) in [6, 6.07) is 10.2. The molecular formula is C22H34N6O. The lowest BCUT2D eigenvalue weighted by Crippen LogP contribution is -2.48. The summed E-state index contributed by atoms with van der Waals surface area (Å²) in [5.41, 5.74) is 1.79. The number of likely N-dealkylation sites (N-methyl/N-ethyl adjacent to an activating group) is 1. The van der Waals surface area contributed by atoms with Crippen LogP contribution >= 0.6 is 0 Å². The molecule has 0 aliphatic heterocycles. The molecule has 0 saturated heterocycles. The van der Waals surface area contributed by atoms with E-state index in [1.165, 1.54) is 0 Å². The van der Waals surface area contributed by atoms with Crippen LogP contribution in [0.25, 0.3) is 10.9 Å². The van der Waals surface area contributed by atoms with Gasteiger partial charge in [0.1, 0.15) is 5.82 Å². The molecule has 1 aromatic heterocycles. The summed E-state index contributed by atoms with van der Waals surface area (Å²) in [5.74, 6) is 1.57. The molecule has 0 bridgehead atoms. The van der Waals surface area contributed by atoms with Crippen LogP contribution in [-0.4, -0.2) is 61.5 Å². The number of carbonyl (C=O) groups excluding carboxylic acids is 1. The van der Waals surface area contributed by atoms with E-state index in [2.05, 4.69) is 22.8 Å². The highest BCUT2D eigenvalue weighted by Crippen LogP contribution is 2.22. The summed E-state index contributed by atoms with van der Waals surface area (Å²) in [7, 11) is 5.84. The topological polar surface area (TPSA) is 72.9 Å². The lowest BCUT2D eigenvalue weighted by atomic mass is 10.1. The maximum absolute atomic E-state index is 12.3. The van der Waals surface area contributed by atoms with E-state index in [-0.39, 0.29) is 18.0 Å². The first-order valence-corrected chi connectivity index (χ1v) is 9.97. The van der Waals surface area contributed by atoms with E-state index in [1.807, 2.05) is 76.8 Å². The normalized spacial score (nSPS) is 12.0. The predicted molar refractivity (Wildman–Crippen MR) is 121 cm³/mol. The number of fused-ring (bicyclic) bond motifs is 1. The van der Waals surface area contributed by atoms with Gasteiger partial charge in [-0.05, 0) is 45.4 Å². The number of amides is 1. The van der Waals surface area contributed by atoms with E-state index in [9.17, 15) is 4.79 Å². The number of aliphatic imine (C=N–C) groups is 1. The fraction of sp³-hybridized carbons (Fsp3) is 0.500. The number of benzene rings is 1. The second kappa shape index (κ2) is 9.58. The van der Waals surface area contributed by atoms with Crippen molar-refractivity contribution in [2.24, 2.45) is 4.99 Å². The number of pyridine rings is 1. The fourth-order valence-electron chi connectivity index (χ4n) is 2.97. The molecule has 2 rings (SSSR count). The molecule has 0 atom stereocenters. The number of nitrogens with one attached hydrogen (secondary N) is 2. The van der Waals surface area contributed by atoms with Crippen molar-refractivity contribution in [3.05, 3.63) is 35.9 Å². The summed E-state index contributed by atoms with van der Waals surface area (Å²) in [4.78, 5) is 25.6. The Labute approximate surface area is 174 Å². The van der Waals surface area contributed by atoms with E-state index in [0.717, 1.165) is 28.8 Å². The Morgan fingerprint density at radius 1 is 1.17 bits per heavy atom. The van der Waals surface area contributed by atoms with Crippen LogP contribution in [0.5, 0.6) is 0 Å². The molecule has 2 aromatic rings. The van der Waals surface area contributed by atoms with Gasteiger partial charge in [0.2, 0.25) is 5.91 Å². The highest BCUT2D eigenvalue weighted by Gasteiger charge is 2.17. The van der Waals surface area contributed by atoms with Crippen molar-refractivity contribution in [3.63, 3.8) is 0 Å². The minimum absolute atomic E-state index is 0.0325. The largest absolute Gasteiger partial charge is 0.363 e. The van der Waals surface area contributed by atoms with Gasteiger partial charge in [-0.15, -0.1) is 0 Å². The first kappa shape index (κ1) is 22.5. The number of nitrogens with zero attached hydrogens (tertiary/aromatic N) is 4. The lowest BCUT2D eigenvalue weighted by Gasteiger charge is -2.25. The summed E-state index contributed by atoms with van der Waals surface area (Å²) < 4.78 is 0. The number of anilines is 1. The Morgan fingerprint density at radius 2 is 1.86 bits per heavy atom. The van der Waals surface area contributed by atoms with Crippen molar-refractivity contribution in [1.82, 2.24) is 20.5 Å². The maximum Gasteiger partial charge on any atom is 0.240 e. The van der Waals surface area contributed by atoms with Crippen molar-refractivity contribution in [2.45, 2.75) is 39.8 Å². The van der Waals surface area contributed by atoms with Gasteiger partial charge >= 0.3 is 0 Å². The predicted octanol–water partition coefficient (Wildman–Crippen LogP) is 2.61. The SMILES string of the molecule is CCNC(=NCc1cc(N(C)C)nc2ccccc12)N(C)CC(=O)NC(C)(C)C. The average Bonchev–Trinajstić information content (AvgIpc) is 2.62. The highest BCUT2D eigenvalue weighted by molar-refractivity contribution is 5.87. The van der Waals surface area contributed by atoms with Gasteiger partial charge in [-0.1, -0.05) is 18.2 Å². The third kappa shape index (κ3) is 6.62. The Hall–Kier alpha value is -2.83. The average molecular weight is 399 g/mol. The lowest BCUT2D eigenvalue weighted by molar-refractivity contribution is -0.122. The van der Waals surface area contributed by atoms with Crippen LogP contribution in [0.4, 0.5) is 5.82 Å². The molecule has 29 heavy (non-hydrogen) atoms. The molecule has 1 amide bonds. The Bertz CT molecular complexity index is 869. The van der Waals surface area contributed by atoms with Gasteiger partial charge < -0.3 is 20.4 Å². The molecule has 0 aliphatic rings. The first-order valence-electron chi connectivity index (χ1n) is 9.97. The van der Waals surface area contributed by atoms with Crippen molar-refractivity contribution in [2.75, 3.05) is 39.1 Å². The van der Waals surface area contributed by atoms with Crippen molar-refractivity contribution in [3.8, 4) is 0 Å². The van der Waals surface area contributed by atoms with Crippen molar-refractivity contribution < 1.29 is 4.79 Å². The van der Waals surface area contributed by atoms with Crippen molar-refractivity contribution in [1.29, 1.82) is 0 Å². The minimum Gasteiger partial charge on any atom is -0.363 e. The molecule has 0 aliphatic carbocycles. The zero-order valence-electron chi connectivity index (χ0n) is 18.7. The number of hydrogen-bond acceptors (Lipinski definition) is 4. The number of hydrogen-bond donors (Lipinski definition) is 2. The Kier molecular flexibility index (Phi) is 7.42. The van der Waals surface area contributed by atoms with Gasteiger partial charge in [0.15, 0.2) is 5.96 Å². The van der Waals surface area contributed by atoms with E-state index >= 15 is 0 Å². The highest BCUT2D eigenvalue weighted by atomic mass is 16.2. The number of carbonyl (C=O) groups is 1. The number of aromatic nitrogens is 1. The molecule has 158 valence electrons. The molecule has 1 aromatic carbocycles. The molecule has 0 saturated carbocycles. The minimum atomic E-state index is -0.258. The molecule has 0 unspecified atom stereocenters. The third-order valence-electron chi connectivity index (χ3n) is 4.24. The molecule has 1 heterocycles. The van der Waals surface area contributed by atoms with Crippen LogP contribution in [0.15, 0.2) is 35.3 Å². The van der Waals surface area contributed by atoms with E-state index < -0.39 is 0 Å². The second-order valence-electron chi connectivity index (χ2n) is 8.38. The number of guanidine groups is 1. The number of rotatable bonds is 6. The molecule has 0 spiro atoms. The summed E-state index contributed by atoms with van der Waals surface area (Å²) in [5, 5.41) is 7.35. The maximum atomic E-state index is 12.3. The van der Waals surface area contributed by atoms with Crippen LogP contribution in [0, 0.1) is 0 Å².